The summed E-state index contributed by atoms with van der Waals surface area (Å²) in [6, 6.07) is 8.21. The summed E-state index contributed by atoms with van der Waals surface area (Å²) < 4.78 is 0. The van der Waals surface area contributed by atoms with Crippen LogP contribution in [0.3, 0.4) is 0 Å². The van der Waals surface area contributed by atoms with E-state index >= 15 is 0 Å². The molecule has 2 atom stereocenters. The summed E-state index contributed by atoms with van der Waals surface area (Å²) >= 11 is 0. The highest BCUT2D eigenvalue weighted by Gasteiger charge is 2.36. The number of benzene rings is 1. The highest BCUT2D eigenvalue weighted by molar-refractivity contribution is 6.35. The van der Waals surface area contributed by atoms with Crippen LogP contribution in [0.5, 0.6) is 0 Å². The molecule has 1 saturated heterocycles. The molecule has 112 valence electrons. The van der Waals surface area contributed by atoms with E-state index in [4.69, 9.17) is 0 Å². The van der Waals surface area contributed by atoms with Crippen molar-refractivity contribution >= 4 is 11.8 Å². The zero-order valence-electron chi connectivity index (χ0n) is 12.5. The molecule has 0 bridgehead atoms. The molecule has 2 heterocycles. The minimum Gasteiger partial charge on any atom is -0.332 e. The molecule has 0 radical (unpaired) electrons. The normalized spacial score (nSPS) is 24.9. The maximum absolute atomic E-state index is 12.5. The smallest absolute Gasteiger partial charge is 0.312 e. The molecule has 0 saturated carbocycles. The van der Waals surface area contributed by atoms with Gasteiger partial charge in [0.25, 0.3) is 0 Å². The minimum absolute atomic E-state index is 0.0296. The van der Waals surface area contributed by atoms with Crippen molar-refractivity contribution in [3.63, 3.8) is 0 Å². The van der Waals surface area contributed by atoms with Gasteiger partial charge in [-0.2, -0.15) is 0 Å². The number of carbonyl (C=O) groups excluding carboxylic acids is 2. The molecule has 2 unspecified atom stereocenters. The summed E-state index contributed by atoms with van der Waals surface area (Å²) in [6.45, 7) is 6.49. The molecule has 1 aromatic rings. The fourth-order valence-electron chi connectivity index (χ4n) is 3.20. The molecule has 5 nitrogen and oxygen atoms in total. The number of nitrogens with one attached hydrogen (secondary N) is 1. The van der Waals surface area contributed by atoms with Gasteiger partial charge in [-0.1, -0.05) is 24.3 Å². The Balaban J connectivity index is 1.73. The number of carbonyl (C=O) groups is 2. The SMILES string of the molecule is CC1CN(C(=O)C(=O)N2Cc3ccccc3C2C)CCN1. The van der Waals surface area contributed by atoms with Crippen LogP contribution >= 0.6 is 0 Å². The molecule has 0 aliphatic carbocycles. The van der Waals surface area contributed by atoms with Gasteiger partial charge in [0.2, 0.25) is 0 Å². The van der Waals surface area contributed by atoms with Crippen molar-refractivity contribution in [3.8, 4) is 0 Å². The number of hydrogen-bond donors (Lipinski definition) is 1. The van der Waals surface area contributed by atoms with Crippen molar-refractivity contribution in [1.29, 1.82) is 0 Å². The van der Waals surface area contributed by atoms with Gasteiger partial charge >= 0.3 is 11.8 Å². The van der Waals surface area contributed by atoms with Crippen LogP contribution in [0, 0.1) is 0 Å². The molecule has 3 rings (SSSR count). The van der Waals surface area contributed by atoms with Crippen LogP contribution in [-0.4, -0.2) is 47.3 Å². The Kier molecular flexibility index (Phi) is 3.68. The third kappa shape index (κ3) is 2.53. The highest BCUT2D eigenvalue weighted by atomic mass is 16.2. The van der Waals surface area contributed by atoms with Gasteiger partial charge in [-0.25, -0.2) is 0 Å². The van der Waals surface area contributed by atoms with E-state index in [1.54, 1.807) is 9.80 Å². The van der Waals surface area contributed by atoms with E-state index in [1.807, 2.05) is 38.1 Å². The van der Waals surface area contributed by atoms with Gasteiger partial charge in [-0.3, -0.25) is 9.59 Å². The van der Waals surface area contributed by atoms with Gasteiger partial charge in [-0.05, 0) is 25.0 Å². The number of amides is 2. The first kappa shape index (κ1) is 14.1. The molecule has 0 spiro atoms. The lowest BCUT2D eigenvalue weighted by molar-refractivity contribution is -0.153. The minimum atomic E-state index is -0.382. The lowest BCUT2D eigenvalue weighted by Crippen LogP contribution is -2.55. The fraction of sp³-hybridized carbons (Fsp3) is 0.500. The summed E-state index contributed by atoms with van der Waals surface area (Å²) in [5.41, 5.74) is 2.28. The molecule has 2 amide bonds. The molecular weight excluding hydrogens is 266 g/mol. The van der Waals surface area contributed by atoms with Gasteiger partial charge in [0.1, 0.15) is 0 Å². The van der Waals surface area contributed by atoms with Crippen LogP contribution in [0.25, 0.3) is 0 Å². The third-order valence-corrected chi connectivity index (χ3v) is 4.41. The van der Waals surface area contributed by atoms with Crippen LogP contribution in [0.4, 0.5) is 0 Å². The second-order valence-corrected chi connectivity index (χ2v) is 5.91. The number of piperazine rings is 1. The van der Waals surface area contributed by atoms with Gasteiger partial charge in [0.15, 0.2) is 0 Å². The summed E-state index contributed by atoms with van der Waals surface area (Å²) in [4.78, 5) is 28.3. The van der Waals surface area contributed by atoms with Crippen LogP contribution in [0.15, 0.2) is 24.3 Å². The highest BCUT2D eigenvalue weighted by Crippen LogP contribution is 2.33. The number of fused-ring (bicyclic) bond motifs is 1. The maximum atomic E-state index is 12.5. The third-order valence-electron chi connectivity index (χ3n) is 4.41. The zero-order chi connectivity index (χ0) is 15.0. The van der Waals surface area contributed by atoms with E-state index in [-0.39, 0.29) is 23.9 Å². The van der Waals surface area contributed by atoms with Crippen molar-refractivity contribution in [2.75, 3.05) is 19.6 Å². The van der Waals surface area contributed by atoms with E-state index in [2.05, 4.69) is 5.32 Å². The van der Waals surface area contributed by atoms with Gasteiger partial charge in [-0.15, -0.1) is 0 Å². The molecule has 21 heavy (non-hydrogen) atoms. The molecule has 1 N–H and O–H groups in total. The van der Waals surface area contributed by atoms with Crippen molar-refractivity contribution in [2.45, 2.75) is 32.5 Å². The zero-order valence-corrected chi connectivity index (χ0v) is 12.5. The first-order valence-electron chi connectivity index (χ1n) is 7.49. The predicted octanol–water partition coefficient (Wildman–Crippen LogP) is 0.910. The molecule has 5 heteroatoms. The average molecular weight is 287 g/mol. The van der Waals surface area contributed by atoms with E-state index in [1.165, 1.54) is 0 Å². The molecule has 2 aliphatic heterocycles. The Morgan fingerprint density at radius 3 is 2.67 bits per heavy atom. The van der Waals surface area contributed by atoms with Crippen molar-refractivity contribution in [3.05, 3.63) is 35.4 Å². The Morgan fingerprint density at radius 1 is 1.19 bits per heavy atom. The van der Waals surface area contributed by atoms with E-state index in [9.17, 15) is 9.59 Å². The van der Waals surface area contributed by atoms with Crippen LogP contribution < -0.4 is 5.32 Å². The Morgan fingerprint density at radius 2 is 1.95 bits per heavy atom. The van der Waals surface area contributed by atoms with Crippen LogP contribution in [0.1, 0.15) is 31.0 Å². The van der Waals surface area contributed by atoms with Gasteiger partial charge in [0.05, 0.1) is 6.04 Å². The lowest BCUT2D eigenvalue weighted by atomic mass is 10.1. The second-order valence-electron chi connectivity index (χ2n) is 5.91. The molecule has 1 fully saturated rings. The summed E-state index contributed by atoms with van der Waals surface area (Å²) in [7, 11) is 0. The Bertz CT molecular complexity index is 572. The summed E-state index contributed by atoms with van der Waals surface area (Å²) in [6.07, 6.45) is 0. The van der Waals surface area contributed by atoms with Crippen molar-refractivity contribution in [2.24, 2.45) is 0 Å². The average Bonchev–Trinajstić information content (AvgIpc) is 2.83. The molecular formula is C16H21N3O2. The van der Waals surface area contributed by atoms with Crippen LogP contribution in [0.2, 0.25) is 0 Å². The Labute approximate surface area is 124 Å². The van der Waals surface area contributed by atoms with Crippen LogP contribution in [-0.2, 0) is 16.1 Å². The standard InChI is InChI=1S/C16H21N3O2/c1-11-9-18(8-7-17-11)15(20)16(21)19-10-13-5-3-4-6-14(13)12(19)2/h3-6,11-12,17H,7-10H2,1-2H3. The first-order valence-corrected chi connectivity index (χ1v) is 7.49. The summed E-state index contributed by atoms with van der Waals surface area (Å²) in [5.74, 6) is -0.754. The molecule has 0 aromatic heterocycles. The van der Waals surface area contributed by atoms with E-state index < -0.39 is 0 Å². The molecule has 1 aromatic carbocycles. The van der Waals surface area contributed by atoms with Gasteiger partial charge < -0.3 is 15.1 Å². The first-order chi connectivity index (χ1) is 10.1. The predicted molar refractivity (Wildman–Crippen MR) is 79.5 cm³/mol. The quantitative estimate of drug-likeness (QED) is 0.722. The monoisotopic (exact) mass is 287 g/mol. The topological polar surface area (TPSA) is 52.7 Å². The maximum Gasteiger partial charge on any atom is 0.312 e. The number of rotatable bonds is 0. The number of hydrogen-bond acceptors (Lipinski definition) is 3. The fourth-order valence-corrected chi connectivity index (χ4v) is 3.20. The second kappa shape index (κ2) is 5.48. The largest absolute Gasteiger partial charge is 0.332 e. The van der Waals surface area contributed by atoms with Crippen molar-refractivity contribution in [1.82, 2.24) is 15.1 Å². The summed E-state index contributed by atoms with van der Waals surface area (Å²) in [5, 5.41) is 3.28. The molecule has 2 aliphatic rings. The van der Waals surface area contributed by atoms with E-state index in [0.717, 1.165) is 17.7 Å². The van der Waals surface area contributed by atoms with Gasteiger partial charge in [0, 0.05) is 32.2 Å². The lowest BCUT2D eigenvalue weighted by Gasteiger charge is -2.33. The van der Waals surface area contributed by atoms with Crippen molar-refractivity contribution < 1.29 is 9.59 Å². The van der Waals surface area contributed by atoms with E-state index in [0.29, 0.717) is 19.6 Å². The number of nitrogens with zero attached hydrogens (tertiary/aromatic N) is 2. The Hall–Kier alpha value is -1.88.